The molecule has 0 fully saturated rings. The van der Waals surface area contributed by atoms with Crippen molar-refractivity contribution in [2.45, 2.75) is 31.9 Å². The lowest BCUT2D eigenvalue weighted by Crippen LogP contribution is -2.39. The highest BCUT2D eigenvalue weighted by Crippen LogP contribution is 2.27. The summed E-state index contributed by atoms with van der Waals surface area (Å²) in [7, 11) is 1.88. The SMILES string of the molecule is CC[C@@](C)(O)[C@@H](NC)c1ccccc1. The summed E-state index contributed by atoms with van der Waals surface area (Å²) in [4.78, 5) is 0. The van der Waals surface area contributed by atoms with E-state index in [0.717, 1.165) is 12.0 Å². The van der Waals surface area contributed by atoms with Crippen molar-refractivity contribution >= 4 is 0 Å². The molecule has 2 atom stereocenters. The zero-order valence-corrected chi connectivity index (χ0v) is 9.12. The van der Waals surface area contributed by atoms with Crippen LogP contribution in [-0.4, -0.2) is 17.8 Å². The molecule has 2 N–H and O–H groups in total. The van der Waals surface area contributed by atoms with E-state index in [1.807, 2.05) is 51.2 Å². The lowest BCUT2D eigenvalue weighted by molar-refractivity contribution is 0.0174. The van der Waals surface area contributed by atoms with Crippen molar-refractivity contribution in [3.63, 3.8) is 0 Å². The highest BCUT2D eigenvalue weighted by Gasteiger charge is 2.29. The van der Waals surface area contributed by atoms with E-state index in [-0.39, 0.29) is 6.04 Å². The van der Waals surface area contributed by atoms with Crippen LogP contribution in [0.4, 0.5) is 0 Å². The van der Waals surface area contributed by atoms with Gasteiger partial charge in [0.2, 0.25) is 0 Å². The van der Waals surface area contributed by atoms with E-state index in [9.17, 15) is 5.11 Å². The molecule has 1 aromatic rings. The molecule has 0 spiro atoms. The second-order valence-electron chi connectivity index (χ2n) is 3.84. The van der Waals surface area contributed by atoms with E-state index in [4.69, 9.17) is 0 Å². The van der Waals surface area contributed by atoms with Gasteiger partial charge in [-0.1, -0.05) is 37.3 Å². The molecule has 0 amide bonds. The topological polar surface area (TPSA) is 32.3 Å². The number of nitrogens with one attached hydrogen (secondary N) is 1. The highest BCUT2D eigenvalue weighted by molar-refractivity contribution is 5.21. The molecule has 1 aromatic carbocycles. The number of hydrogen-bond donors (Lipinski definition) is 2. The fourth-order valence-corrected chi connectivity index (χ4v) is 1.69. The van der Waals surface area contributed by atoms with Gasteiger partial charge in [0.1, 0.15) is 0 Å². The molecule has 0 radical (unpaired) electrons. The van der Waals surface area contributed by atoms with Crippen LogP contribution in [-0.2, 0) is 0 Å². The first-order chi connectivity index (χ1) is 6.61. The first-order valence-electron chi connectivity index (χ1n) is 5.06. The zero-order chi connectivity index (χ0) is 10.6. The van der Waals surface area contributed by atoms with E-state index in [1.54, 1.807) is 0 Å². The second kappa shape index (κ2) is 4.58. The van der Waals surface area contributed by atoms with Gasteiger partial charge < -0.3 is 10.4 Å². The van der Waals surface area contributed by atoms with Gasteiger partial charge in [-0.2, -0.15) is 0 Å². The molecule has 2 nitrogen and oxygen atoms in total. The van der Waals surface area contributed by atoms with Gasteiger partial charge in [0.15, 0.2) is 0 Å². The molecule has 0 saturated carbocycles. The molecule has 0 aliphatic carbocycles. The monoisotopic (exact) mass is 193 g/mol. The second-order valence-corrected chi connectivity index (χ2v) is 3.84. The first kappa shape index (κ1) is 11.2. The molecule has 0 heterocycles. The van der Waals surface area contributed by atoms with Gasteiger partial charge in [0, 0.05) is 0 Å². The summed E-state index contributed by atoms with van der Waals surface area (Å²) in [6, 6.07) is 10.0. The Kier molecular flexibility index (Phi) is 3.67. The third-order valence-corrected chi connectivity index (χ3v) is 2.76. The summed E-state index contributed by atoms with van der Waals surface area (Å²) < 4.78 is 0. The molecule has 0 aromatic heterocycles. The smallest absolute Gasteiger partial charge is 0.0810 e. The van der Waals surface area contributed by atoms with Crippen LogP contribution in [0, 0.1) is 0 Å². The molecular weight excluding hydrogens is 174 g/mol. The largest absolute Gasteiger partial charge is 0.388 e. The summed E-state index contributed by atoms with van der Waals surface area (Å²) in [6.07, 6.45) is 0.730. The summed E-state index contributed by atoms with van der Waals surface area (Å²) in [5.74, 6) is 0. The van der Waals surface area contributed by atoms with Crippen molar-refractivity contribution in [1.29, 1.82) is 0 Å². The average Bonchev–Trinajstić information content (AvgIpc) is 2.20. The van der Waals surface area contributed by atoms with Crippen molar-refractivity contribution in [3.05, 3.63) is 35.9 Å². The maximum absolute atomic E-state index is 10.2. The minimum absolute atomic E-state index is 0.00583. The van der Waals surface area contributed by atoms with Crippen molar-refractivity contribution < 1.29 is 5.11 Å². The van der Waals surface area contributed by atoms with Crippen LogP contribution < -0.4 is 5.32 Å². The number of aliphatic hydroxyl groups is 1. The maximum atomic E-state index is 10.2. The molecule has 0 bridgehead atoms. The Labute approximate surface area is 86.0 Å². The average molecular weight is 193 g/mol. The van der Waals surface area contributed by atoms with Crippen LogP contribution in [0.1, 0.15) is 31.9 Å². The number of benzene rings is 1. The van der Waals surface area contributed by atoms with Gasteiger partial charge in [-0.3, -0.25) is 0 Å². The number of rotatable bonds is 4. The Bertz CT molecular complexity index is 269. The number of hydrogen-bond acceptors (Lipinski definition) is 2. The van der Waals surface area contributed by atoms with E-state index in [0.29, 0.717) is 0 Å². The van der Waals surface area contributed by atoms with E-state index in [1.165, 1.54) is 0 Å². The number of likely N-dealkylation sites (N-methyl/N-ethyl adjacent to an activating group) is 1. The Hall–Kier alpha value is -0.860. The quantitative estimate of drug-likeness (QED) is 0.767. The summed E-state index contributed by atoms with van der Waals surface area (Å²) in [5.41, 5.74) is 0.428. The van der Waals surface area contributed by atoms with E-state index >= 15 is 0 Å². The first-order valence-corrected chi connectivity index (χ1v) is 5.06. The Morgan fingerprint density at radius 2 is 1.93 bits per heavy atom. The van der Waals surface area contributed by atoms with Crippen LogP contribution in [0.2, 0.25) is 0 Å². The predicted octanol–water partition coefficient (Wildman–Crippen LogP) is 2.11. The molecule has 0 aliphatic rings. The van der Waals surface area contributed by atoms with Crippen LogP contribution in [0.25, 0.3) is 0 Å². The summed E-state index contributed by atoms with van der Waals surface area (Å²) in [6.45, 7) is 3.86. The lowest BCUT2D eigenvalue weighted by atomic mass is 9.88. The molecule has 14 heavy (non-hydrogen) atoms. The van der Waals surface area contributed by atoms with Crippen LogP contribution in [0.3, 0.4) is 0 Å². The van der Waals surface area contributed by atoms with Crippen LogP contribution >= 0.6 is 0 Å². The van der Waals surface area contributed by atoms with Gasteiger partial charge in [-0.05, 0) is 26.0 Å². The van der Waals surface area contributed by atoms with Crippen molar-refractivity contribution in [1.82, 2.24) is 5.32 Å². The van der Waals surface area contributed by atoms with Crippen molar-refractivity contribution in [2.75, 3.05) is 7.05 Å². The van der Waals surface area contributed by atoms with Gasteiger partial charge in [0.25, 0.3) is 0 Å². The normalized spacial score (nSPS) is 17.4. The molecule has 0 aliphatic heterocycles. The van der Waals surface area contributed by atoms with Crippen molar-refractivity contribution in [3.8, 4) is 0 Å². The van der Waals surface area contributed by atoms with Crippen molar-refractivity contribution in [2.24, 2.45) is 0 Å². The third kappa shape index (κ3) is 2.34. The van der Waals surface area contributed by atoms with E-state index in [2.05, 4.69) is 5.32 Å². The molecule has 78 valence electrons. The van der Waals surface area contributed by atoms with Gasteiger partial charge >= 0.3 is 0 Å². The van der Waals surface area contributed by atoms with Crippen LogP contribution in [0.15, 0.2) is 30.3 Å². The molecule has 2 heteroatoms. The standard InChI is InChI=1S/C12H19NO/c1-4-12(2,14)11(13-3)10-8-6-5-7-9-10/h5-9,11,13-14H,4H2,1-3H3/t11-,12+/m0/s1. The predicted molar refractivity (Wildman–Crippen MR) is 59.2 cm³/mol. The minimum Gasteiger partial charge on any atom is -0.388 e. The maximum Gasteiger partial charge on any atom is 0.0810 e. The third-order valence-electron chi connectivity index (χ3n) is 2.76. The van der Waals surface area contributed by atoms with Gasteiger partial charge in [-0.25, -0.2) is 0 Å². The minimum atomic E-state index is -0.698. The fraction of sp³-hybridized carbons (Fsp3) is 0.500. The molecule has 0 unspecified atom stereocenters. The molecule has 1 rings (SSSR count). The fourth-order valence-electron chi connectivity index (χ4n) is 1.69. The Balaban J connectivity index is 2.93. The summed E-state index contributed by atoms with van der Waals surface area (Å²) >= 11 is 0. The zero-order valence-electron chi connectivity index (χ0n) is 9.12. The molecular formula is C12H19NO. The lowest BCUT2D eigenvalue weighted by Gasteiger charge is -2.32. The Morgan fingerprint density at radius 3 is 2.36 bits per heavy atom. The van der Waals surface area contributed by atoms with Gasteiger partial charge in [0.05, 0.1) is 11.6 Å². The molecule has 0 saturated heterocycles. The van der Waals surface area contributed by atoms with Crippen LogP contribution in [0.5, 0.6) is 0 Å². The summed E-state index contributed by atoms with van der Waals surface area (Å²) in [5, 5.41) is 13.3. The highest BCUT2D eigenvalue weighted by atomic mass is 16.3. The van der Waals surface area contributed by atoms with E-state index < -0.39 is 5.60 Å². The van der Waals surface area contributed by atoms with Gasteiger partial charge in [-0.15, -0.1) is 0 Å². The Morgan fingerprint density at radius 1 is 1.36 bits per heavy atom.